The van der Waals surface area contributed by atoms with Crippen molar-refractivity contribution in [3.63, 3.8) is 0 Å². The van der Waals surface area contributed by atoms with Crippen molar-refractivity contribution < 1.29 is 9.59 Å². The minimum Gasteiger partial charge on any atom is -0.356 e. The molecule has 4 heteroatoms. The van der Waals surface area contributed by atoms with Gasteiger partial charge in [0.2, 0.25) is 5.91 Å². The maximum absolute atomic E-state index is 11.0. The summed E-state index contributed by atoms with van der Waals surface area (Å²) in [5, 5.41) is 4.66. The molecule has 0 fully saturated rings. The largest absolute Gasteiger partial charge is 0.356 e. The molecule has 16 heavy (non-hydrogen) atoms. The summed E-state index contributed by atoms with van der Waals surface area (Å²) < 4.78 is 0. The van der Waals surface area contributed by atoms with Crippen LogP contribution in [0.2, 0.25) is 0 Å². The van der Waals surface area contributed by atoms with E-state index in [1.54, 1.807) is 6.92 Å². The van der Waals surface area contributed by atoms with Crippen LogP contribution in [0.4, 0.5) is 0 Å². The molecule has 0 aromatic carbocycles. The molecule has 0 bridgehead atoms. The van der Waals surface area contributed by atoms with Crippen LogP contribution in [0.25, 0.3) is 6.08 Å². The molecule has 1 rings (SSSR count). The highest BCUT2D eigenvalue weighted by Gasteiger charge is 2.01. The fourth-order valence-corrected chi connectivity index (χ4v) is 1.95. The number of thiophene rings is 1. The molecule has 1 N–H and O–H groups in total. The predicted molar refractivity (Wildman–Crippen MR) is 66.7 cm³/mol. The molecule has 0 aliphatic carbocycles. The molecule has 86 valence electrons. The fourth-order valence-electron chi connectivity index (χ4n) is 1.17. The molecule has 0 saturated carbocycles. The van der Waals surface area contributed by atoms with Crippen LogP contribution in [0.3, 0.4) is 0 Å². The second kappa shape index (κ2) is 6.23. The lowest BCUT2D eigenvalue weighted by Crippen LogP contribution is -2.20. The van der Waals surface area contributed by atoms with Gasteiger partial charge in [0, 0.05) is 13.5 Å². The van der Waals surface area contributed by atoms with Crippen molar-refractivity contribution in [3.05, 3.63) is 28.0 Å². The average molecular weight is 237 g/mol. The molecule has 1 aromatic heterocycles. The summed E-state index contributed by atoms with van der Waals surface area (Å²) in [5.74, 6) is 0.0886. The second-order valence-electron chi connectivity index (χ2n) is 3.47. The highest BCUT2D eigenvalue weighted by atomic mass is 32.1. The second-order valence-corrected chi connectivity index (χ2v) is 4.39. The summed E-state index contributed by atoms with van der Waals surface area (Å²) >= 11 is 1.46. The Morgan fingerprint density at radius 1 is 1.44 bits per heavy atom. The number of hydrogen-bond acceptors (Lipinski definition) is 3. The van der Waals surface area contributed by atoms with E-state index in [2.05, 4.69) is 5.32 Å². The summed E-state index contributed by atoms with van der Waals surface area (Å²) in [4.78, 5) is 22.4. The minimum atomic E-state index is -0.0113. The summed E-state index contributed by atoms with van der Waals surface area (Å²) in [7, 11) is 0. The summed E-state index contributed by atoms with van der Waals surface area (Å²) in [6.07, 6.45) is 4.75. The van der Waals surface area contributed by atoms with Gasteiger partial charge in [0.05, 0.1) is 4.88 Å². The van der Waals surface area contributed by atoms with E-state index < -0.39 is 0 Å². The lowest BCUT2D eigenvalue weighted by molar-refractivity contribution is -0.118. The van der Waals surface area contributed by atoms with Crippen LogP contribution in [0.5, 0.6) is 0 Å². The molecule has 0 aliphatic rings. The molecular weight excluding hydrogens is 222 g/mol. The molecule has 0 spiro atoms. The van der Waals surface area contributed by atoms with E-state index in [4.69, 9.17) is 0 Å². The zero-order chi connectivity index (χ0) is 12.0. The Kier molecular flexibility index (Phi) is 4.92. The normalized spacial score (nSPS) is 10.6. The Morgan fingerprint density at radius 2 is 2.19 bits per heavy atom. The zero-order valence-corrected chi connectivity index (χ0v) is 10.3. The molecule has 1 aromatic rings. The Morgan fingerprint density at radius 3 is 2.75 bits per heavy atom. The first-order valence-corrected chi connectivity index (χ1v) is 5.98. The quantitative estimate of drug-likeness (QED) is 0.631. The van der Waals surface area contributed by atoms with Gasteiger partial charge in [0.15, 0.2) is 5.78 Å². The van der Waals surface area contributed by atoms with E-state index in [9.17, 15) is 9.59 Å². The first kappa shape index (κ1) is 12.6. The topological polar surface area (TPSA) is 46.2 Å². The molecule has 1 heterocycles. The number of nitrogens with one attached hydrogen (secondary N) is 1. The average Bonchev–Trinajstić information content (AvgIpc) is 2.65. The Balaban J connectivity index is 2.38. The van der Waals surface area contributed by atoms with Crippen LogP contribution in [0.15, 0.2) is 17.5 Å². The van der Waals surface area contributed by atoms with E-state index in [-0.39, 0.29) is 11.7 Å². The number of hydrogen-bond donors (Lipinski definition) is 1. The molecule has 0 aliphatic heterocycles. The van der Waals surface area contributed by atoms with Crippen LogP contribution in [0.1, 0.15) is 35.5 Å². The molecule has 0 saturated heterocycles. The van der Waals surface area contributed by atoms with E-state index in [1.165, 1.54) is 18.3 Å². The lowest BCUT2D eigenvalue weighted by atomic mass is 10.2. The standard InChI is InChI=1S/C12H15NO2S/c1-9(14)12-7-11(8-16-12)5-3-4-6-13-10(2)15/h3,5,7-8H,4,6H2,1-2H3,(H,13,15). The van der Waals surface area contributed by atoms with Crippen molar-refractivity contribution in [2.45, 2.75) is 20.3 Å². The number of carbonyl (C=O) groups is 2. The van der Waals surface area contributed by atoms with Crippen molar-refractivity contribution in [2.75, 3.05) is 6.54 Å². The van der Waals surface area contributed by atoms with Gasteiger partial charge in [-0.3, -0.25) is 9.59 Å². The maximum Gasteiger partial charge on any atom is 0.216 e. The summed E-state index contributed by atoms with van der Waals surface area (Å²) in [6.45, 7) is 3.72. The number of Topliss-reactive ketones (excluding diaryl/α,β-unsaturated/α-hetero) is 1. The third-order valence-corrected chi connectivity index (χ3v) is 3.01. The number of ketones is 1. The van der Waals surface area contributed by atoms with Gasteiger partial charge < -0.3 is 5.32 Å². The molecule has 0 radical (unpaired) electrons. The monoisotopic (exact) mass is 237 g/mol. The van der Waals surface area contributed by atoms with Gasteiger partial charge in [-0.15, -0.1) is 11.3 Å². The minimum absolute atomic E-state index is 0.0113. The number of rotatable bonds is 5. The Labute approximate surface area is 99.2 Å². The van der Waals surface area contributed by atoms with E-state index >= 15 is 0 Å². The molecule has 1 amide bonds. The van der Waals surface area contributed by atoms with Gasteiger partial charge in [-0.25, -0.2) is 0 Å². The molecule has 0 unspecified atom stereocenters. The van der Waals surface area contributed by atoms with Crippen molar-refractivity contribution in [2.24, 2.45) is 0 Å². The van der Waals surface area contributed by atoms with Gasteiger partial charge in [-0.1, -0.05) is 12.2 Å². The maximum atomic E-state index is 11.0. The van der Waals surface area contributed by atoms with Crippen LogP contribution in [-0.4, -0.2) is 18.2 Å². The van der Waals surface area contributed by atoms with Crippen LogP contribution < -0.4 is 5.32 Å². The van der Waals surface area contributed by atoms with Gasteiger partial charge in [-0.2, -0.15) is 0 Å². The Hall–Kier alpha value is -1.42. The highest BCUT2D eigenvalue weighted by Crippen LogP contribution is 2.16. The summed E-state index contributed by atoms with van der Waals surface area (Å²) in [5.41, 5.74) is 1.04. The van der Waals surface area contributed by atoms with Crippen molar-refractivity contribution in [1.82, 2.24) is 5.32 Å². The highest BCUT2D eigenvalue weighted by molar-refractivity contribution is 7.12. The first-order chi connectivity index (χ1) is 7.59. The van der Waals surface area contributed by atoms with Gasteiger partial charge in [-0.05, 0) is 30.4 Å². The van der Waals surface area contributed by atoms with E-state index in [1.807, 2.05) is 23.6 Å². The van der Waals surface area contributed by atoms with Gasteiger partial charge in [0.1, 0.15) is 0 Å². The molecular formula is C12H15NO2S. The van der Waals surface area contributed by atoms with Crippen LogP contribution in [-0.2, 0) is 4.79 Å². The lowest BCUT2D eigenvalue weighted by Gasteiger charge is -1.95. The van der Waals surface area contributed by atoms with Gasteiger partial charge >= 0.3 is 0 Å². The predicted octanol–water partition coefficient (Wildman–Crippen LogP) is 2.49. The third kappa shape index (κ3) is 4.40. The number of carbonyl (C=O) groups excluding carboxylic acids is 2. The van der Waals surface area contributed by atoms with Crippen molar-refractivity contribution in [3.8, 4) is 0 Å². The van der Waals surface area contributed by atoms with Crippen molar-refractivity contribution >= 4 is 29.1 Å². The molecule has 0 atom stereocenters. The number of amides is 1. The SMILES string of the molecule is CC(=O)NCCC=Cc1csc(C(C)=O)c1. The summed E-state index contributed by atoms with van der Waals surface area (Å²) in [6, 6.07) is 1.88. The Bertz CT molecular complexity index is 407. The third-order valence-electron chi connectivity index (χ3n) is 1.96. The first-order valence-electron chi connectivity index (χ1n) is 5.10. The fraction of sp³-hybridized carbons (Fsp3) is 0.333. The van der Waals surface area contributed by atoms with Crippen LogP contribution >= 0.6 is 11.3 Å². The van der Waals surface area contributed by atoms with Crippen molar-refractivity contribution in [1.29, 1.82) is 0 Å². The zero-order valence-electron chi connectivity index (χ0n) is 9.45. The smallest absolute Gasteiger partial charge is 0.216 e. The van der Waals surface area contributed by atoms with E-state index in [0.29, 0.717) is 6.54 Å². The molecule has 3 nitrogen and oxygen atoms in total. The van der Waals surface area contributed by atoms with Gasteiger partial charge in [0.25, 0.3) is 0 Å². The van der Waals surface area contributed by atoms with E-state index in [0.717, 1.165) is 16.9 Å². The van der Waals surface area contributed by atoms with Crippen LogP contribution in [0, 0.1) is 0 Å².